The lowest BCUT2D eigenvalue weighted by molar-refractivity contribution is -0.142. The zero-order valence-corrected chi connectivity index (χ0v) is 13.6. The molecule has 1 N–H and O–H groups in total. The highest BCUT2D eigenvalue weighted by Gasteiger charge is 2.43. The van der Waals surface area contributed by atoms with E-state index in [2.05, 4.69) is 10.4 Å². The third-order valence-electron chi connectivity index (χ3n) is 3.36. The first kappa shape index (κ1) is 17.1. The number of aromatic nitrogens is 2. The van der Waals surface area contributed by atoms with Gasteiger partial charge in [0.1, 0.15) is 6.04 Å². The molecule has 0 saturated heterocycles. The largest absolute Gasteiger partial charge is 0.436 e. The van der Waals surface area contributed by atoms with Crippen molar-refractivity contribution in [3.63, 3.8) is 0 Å². The minimum atomic E-state index is -4.63. The average molecular weight is 338 g/mol. The molecule has 1 aromatic heterocycles. The fraction of sp³-hybridized carbons (Fsp3) is 0.714. The number of amides is 1. The Hall–Kier alpha value is -1.24. The molecule has 1 heterocycles. The Balaban J connectivity index is 2.39. The molecule has 2 rings (SSSR count). The fourth-order valence-corrected chi connectivity index (χ4v) is 2.60. The van der Waals surface area contributed by atoms with Crippen molar-refractivity contribution in [1.82, 2.24) is 15.1 Å². The second-order valence-corrected chi connectivity index (χ2v) is 7.06. The first-order valence-corrected chi connectivity index (χ1v) is 7.46. The van der Waals surface area contributed by atoms with Crippen LogP contribution in [0.15, 0.2) is 0 Å². The smallest absolute Gasteiger partial charge is 0.350 e. The van der Waals surface area contributed by atoms with Gasteiger partial charge in [0.15, 0.2) is 5.69 Å². The monoisotopic (exact) mass is 337 g/mol. The molecule has 4 nitrogen and oxygen atoms in total. The van der Waals surface area contributed by atoms with Crippen LogP contribution in [0.5, 0.6) is 0 Å². The molecule has 1 aliphatic rings. The van der Waals surface area contributed by atoms with E-state index in [0.717, 1.165) is 17.5 Å². The van der Waals surface area contributed by atoms with Gasteiger partial charge in [-0.1, -0.05) is 11.6 Å². The summed E-state index contributed by atoms with van der Waals surface area (Å²) >= 11 is 5.90. The SMILES string of the molecule is C[C@@H](C(=O)NC(C)(C)C)n1nc(C(F)(F)F)c(Cl)c1C1CC1. The summed E-state index contributed by atoms with van der Waals surface area (Å²) in [7, 11) is 0. The fourth-order valence-electron chi connectivity index (χ4n) is 2.21. The topological polar surface area (TPSA) is 46.9 Å². The Morgan fingerprint density at radius 2 is 1.91 bits per heavy atom. The van der Waals surface area contributed by atoms with Crippen LogP contribution in [0.1, 0.15) is 63.9 Å². The van der Waals surface area contributed by atoms with Crippen LogP contribution in [0.4, 0.5) is 13.2 Å². The quantitative estimate of drug-likeness (QED) is 0.909. The van der Waals surface area contributed by atoms with E-state index in [9.17, 15) is 18.0 Å². The van der Waals surface area contributed by atoms with Crippen LogP contribution in [0, 0.1) is 0 Å². The van der Waals surface area contributed by atoms with Gasteiger partial charge in [0.05, 0.1) is 10.7 Å². The molecule has 0 unspecified atom stereocenters. The third kappa shape index (κ3) is 3.56. The summed E-state index contributed by atoms with van der Waals surface area (Å²) in [5.41, 5.74) is -1.29. The van der Waals surface area contributed by atoms with Gasteiger partial charge < -0.3 is 5.32 Å². The van der Waals surface area contributed by atoms with Crippen molar-refractivity contribution in [2.24, 2.45) is 0 Å². The molecule has 0 bridgehead atoms. The molecule has 8 heteroatoms. The Kier molecular flexibility index (Phi) is 4.23. The van der Waals surface area contributed by atoms with Crippen LogP contribution in [-0.4, -0.2) is 21.2 Å². The molecule has 1 atom stereocenters. The lowest BCUT2D eigenvalue weighted by Gasteiger charge is -2.24. The second kappa shape index (κ2) is 5.44. The minimum Gasteiger partial charge on any atom is -0.350 e. The highest BCUT2D eigenvalue weighted by atomic mass is 35.5. The zero-order valence-electron chi connectivity index (χ0n) is 12.9. The van der Waals surface area contributed by atoms with Crippen LogP contribution in [0.3, 0.4) is 0 Å². The molecule has 1 amide bonds. The van der Waals surface area contributed by atoms with E-state index in [-0.39, 0.29) is 16.8 Å². The van der Waals surface area contributed by atoms with Gasteiger partial charge in [-0.2, -0.15) is 18.3 Å². The molecule has 0 radical (unpaired) electrons. The Morgan fingerprint density at radius 1 is 1.36 bits per heavy atom. The van der Waals surface area contributed by atoms with E-state index in [1.165, 1.54) is 6.92 Å². The molecule has 0 spiro atoms. The summed E-state index contributed by atoms with van der Waals surface area (Å²) in [5, 5.41) is 5.96. The van der Waals surface area contributed by atoms with Gasteiger partial charge in [-0.05, 0) is 40.5 Å². The minimum absolute atomic E-state index is 0.0546. The Bertz CT molecular complexity index is 585. The average Bonchev–Trinajstić information content (AvgIpc) is 3.08. The molecule has 1 aromatic rings. The van der Waals surface area contributed by atoms with Crippen LogP contribution in [0.25, 0.3) is 0 Å². The van der Waals surface area contributed by atoms with Crippen molar-refractivity contribution < 1.29 is 18.0 Å². The lowest BCUT2D eigenvalue weighted by Crippen LogP contribution is -2.44. The van der Waals surface area contributed by atoms with E-state index in [1.807, 2.05) is 0 Å². The summed E-state index contributed by atoms with van der Waals surface area (Å²) in [6.45, 7) is 6.93. The number of alkyl halides is 3. The van der Waals surface area contributed by atoms with Crippen molar-refractivity contribution in [1.29, 1.82) is 0 Å². The summed E-state index contributed by atoms with van der Waals surface area (Å²) < 4.78 is 40.1. The standard InChI is InChI=1S/C14H19ClF3N3O/c1-7(12(22)19-13(2,3)4)21-10(8-5-6-8)9(15)11(20-21)14(16,17)18/h7-8H,5-6H2,1-4H3,(H,19,22)/t7-/m0/s1. The van der Waals surface area contributed by atoms with Crippen molar-refractivity contribution in [3.8, 4) is 0 Å². The number of halogens is 4. The van der Waals surface area contributed by atoms with Gasteiger partial charge in [0.25, 0.3) is 0 Å². The van der Waals surface area contributed by atoms with E-state index in [0.29, 0.717) is 5.69 Å². The maximum absolute atomic E-state index is 13.0. The van der Waals surface area contributed by atoms with Gasteiger partial charge >= 0.3 is 6.18 Å². The Morgan fingerprint density at radius 3 is 2.32 bits per heavy atom. The van der Waals surface area contributed by atoms with Gasteiger partial charge in [-0.15, -0.1) is 0 Å². The third-order valence-corrected chi connectivity index (χ3v) is 3.74. The number of carbonyl (C=O) groups is 1. The second-order valence-electron chi connectivity index (χ2n) is 6.68. The number of nitrogens with zero attached hydrogens (tertiary/aromatic N) is 2. The first-order chi connectivity index (χ1) is 9.92. The highest BCUT2D eigenvalue weighted by Crippen LogP contribution is 2.47. The van der Waals surface area contributed by atoms with Crippen molar-refractivity contribution in [2.75, 3.05) is 0 Å². The highest BCUT2D eigenvalue weighted by molar-refractivity contribution is 6.32. The molecule has 1 fully saturated rings. The molecule has 0 aromatic carbocycles. The number of carbonyl (C=O) groups excluding carboxylic acids is 1. The number of rotatable bonds is 3. The van der Waals surface area contributed by atoms with Gasteiger partial charge in [0.2, 0.25) is 5.91 Å². The van der Waals surface area contributed by atoms with Crippen molar-refractivity contribution >= 4 is 17.5 Å². The summed E-state index contributed by atoms with van der Waals surface area (Å²) in [6, 6.07) is -0.858. The zero-order chi connectivity index (χ0) is 16.9. The molecule has 124 valence electrons. The van der Waals surface area contributed by atoms with Gasteiger partial charge in [0, 0.05) is 11.5 Å². The van der Waals surface area contributed by atoms with E-state index in [4.69, 9.17) is 11.6 Å². The summed E-state index contributed by atoms with van der Waals surface area (Å²) in [4.78, 5) is 12.2. The maximum atomic E-state index is 13.0. The summed E-state index contributed by atoms with van der Waals surface area (Å²) in [6.07, 6.45) is -3.11. The maximum Gasteiger partial charge on any atom is 0.436 e. The van der Waals surface area contributed by atoms with Crippen molar-refractivity contribution in [3.05, 3.63) is 16.4 Å². The normalized spacial score (nSPS) is 17.5. The molecule has 1 aliphatic carbocycles. The predicted octanol–water partition coefficient (Wildman–Crippen LogP) is 3.91. The van der Waals surface area contributed by atoms with Crippen LogP contribution in [0.2, 0.25) is 5.02 Å². The van der Waals surface area contributed by atoms with Crippen LogP contribution in [-0.2, 0) is 11.0 Å². The summed E-state index contributed by atoms with van der Waals surface area (Å²) in [5.74, 6) is -0.441. The number of hydrogen-bond acceptors (Lipinski definition) is 2. The lowest BCUT2D eigenvalue weighted by atomic mass is 10.1. The van der Waals surface area contributed by atoms with Gasteiger partial charge in [-0.25, -0.2) is 0 Å². The van der Waals surface area contributed by atoms with Crippen molar-refractivity contribution in [2.45, 2.75) is 64.2 Å². The van der Waals surface area contributed by atoms with E-state index >= 15 is 0 Å². The predicted molar refractivity (Wildman–Crippen MR) is 76.8 cm³/mol. The molecular formula is C14H19ClF3N3O. The van der Waals surface area contributed by atoms with Crippen LogP contribution < -0.4 is 5.32 Å². The molecule has 0 aliphatic heterocycles. The Labute approximate surface area is 132 Å². The number of hydrogen-bond donors (Lipinski definition) is 1. The van der Waals surface area contributed by atoms with E-state index in [1.54, 1.807) is 20.8 Å². The first-order valence-electron chi connectivity index (χ1n) is 7.09. The molecule has 22 heavy (non-hydrogen) atoms. The van der Waals surface area contributed by atoms with E-state index < -0.39 is 23.5 Å². The van der Waals surface area contributed by atoms with Crippen LogP contribution >= 0.6 is 11.6 Å². The molecular weight excluding hydrogens is 319 g/mol. The molecule has 1 saturated carbocycles. The number of nitrogens with one attached hydrogen (secondary N) is 1. The van der Waals surface area contributed by atoms with Gasteiger partial charge in [-0.3, -0.25) is 9.48 Å².